The van der Waals surface area contributed by atoms with Crippen molar-refractivity contribution in [1.29, 1.82) is 0 Å². The van der Waals surface area contributed by atoms with Gasteiger partial charge in [-0.1, -0.05) is 0 Å². The number of hydrogen-bond acceptors (Lipinski definition) is 2. The highest BCUT2D eigenvalue weighted by molar-refractivity contribution is 9.10. The Labute approximate surface area is 85.3 Å². The third-order valence-electron chi connectivity index (χ3n) is 2.60. The summed E-state index contributed by atoms with van der Waals surface area (Å²) in [5, 5.41) is 18.8. The second-order valence-corrected chi connectivity index (χ2v) is 4.19. The zero-order chi connectivity index (χ0) is 9.42. The Hall–Kier alpha value is -0.540. The second-order valence-electron chi connectivity index (χ2n) is 3.33. The molecule has 0 unspecified atom stereocenters. The molecular formula is C10H11BrO2. The molecule has 0 fully saturated rings. The summed E-state index contributed by atoms with van der Waals surface area (Å²) >= 11 is 3.28. The first kappa shape index (κ1) is 9.03. The number of benzene rings is 1. The lowest BCUT2D eigenvalue weighted by Gasteiger charge is -2.09. The van der Waals surface area contributed by atoms with E-state index in [1.54, 1.807) is 0 Å². The summed E-state index contributed by atoms with van der Waals surface area (Å²) in [7, 11) is 0. The van der Waals surface area contributed by atoms with Crippen LogP contribution >= 0.6 is 15.9 Å². The molecule has 0 saturated carbocycles. The fraction of sp³-hybridized carbons (Fsp3) is 0.400. The maximum Gasteiger partial charge on any atom is 0.135 e. The lowest BCUT2D eigenvalue weighted by atomic mass is 10.0. The summed E-state index contributed by atoms with van der Waals surface area (Å²) in [6.45, 7) is -0.0758. The van der Waals surface area contributed by atoms with Crippen molar-refractivity contribution in [1.82, 2.24) is 0 Å². The lowest BCUT2D eigenvalue weighted by Crippen LogP contribution is -1.94. The minimum atomic E-state index is -0.0758. The molecule has 0 heterocycles. The van der Waals surface area contributed by atoms with Gasteiger partial charge in [0.25, 0.3) is 0 Å². The molecule has 13 heavy (non-hydrogen) atoms. The average molecular weight is 243 g/mol. The zero-order valence-corrected chi connectivity index (χ0v) is 8.76. The lowest BCUT2D eigenvalue weighted by molar-refractivity contribution is 0.274. The third kappa shape index (κ3) is 1.36. The van der Waals surface area contributed by atoms with Crippen molar-refractivity contribution in [2.45, 2.75) is 25.9 Å². The number of rotatable bonds is 1. The molecule has 2 nitrogen and oxygen atoms in total. The van der Waals surface area contributed by atoms with Gasteiger partial charge in [-0.3, -0.25) is 0 Å². The Morgan fingerprint density at radius 1 is 1.38 bits per heavy atom. The van der Waals surface area contributed by atoms with Crippen molar-refractivity contribution in [3.8, 4) is 5.75 Å². The van der Waals surface area contributed by atoms with Gasteiger partial charge < -0.3 is 10.2 Å². The maximum absolute atomic E-state index is 9.65. The fourth-order valence-electron chi connectivity index (χ4n) is 1.95. The highest BCUT2D eigenvalue weighted by Crippen LogP contribution is 2.37. The Balaban J connectivity index is 2.64. The number of aromatic hydroxyl groups is 1. The topological polar surface area (TPSA) is 40.5 Å². The predicted molar refractivity (Wildman–Crippen MR) is 53.8 cm³/mol. The third-order valence-corrected chi connectivity index (χ3v) is 3.20. The molecule has 2 N–H and O–H groups in total. The standard InChI is InChI=1S/C10H11BrO2/c11-9-4-6-2-1-3-7(6)8(5-12)10(9)13/h4,12-13H,1-3,5H2. The molecule has 1 aromatic rings. The number of halogens is 1. The number of hydrogen-bond donors (Lipinski definition) is 2. The second kappa shape index (κ2) is 3.31. The average Bonchev–Trinajstić information content (AvgIpc) is 2.54. The summed E-state index contributed by atoms with van der Waals surface area (Å²) in [6, 6.07) is 1.96. The summed E-state index contributed by atoms with van der Waals surface area (Å²) < 4.78 is 0.692. The molecule has 70 valence electrons. The zero-order valence-electron chi connectivity index (χ0n) is 7.18. The summed E-state index contributed by atoms with van der Waals surface area (Å²) in [5.74, 6) is 0.197. The van der Waals surface area contributed by atoms with Crippen LogP contribution < -0.4 is 0 Å². The molecule has 2 rings (SSSR count). The van der Waals surface area contributed by atoms with Crippen molar-refractivity contribution in [2.75, 3.05) is 0 Å². The Bertz CT molecular complexity index is 347. The summed E-state index contributed by atoms with van der Waals surface area (Å²) in [4.78, 5) is 0. The maximum atomic E-state index is 9.65. The molecule has 1 aliphatic carbocycles. The molecular weight excluding hydrogens is 232 g/mol. The van der Waals surface area contributed by atoms with Gasteiger partial charge in [0.05, 0.1) is 11.1 Å². The molecule has 1 aliphatic rings. The van der Waals surface area contributed by atoms with Gasteiger partial charge in [0.1, 0.15) is 5.75 Å². The molecule has 0 aromatic heterocycles. The van der Waals surface area contributed by atoms with Gasteiger partial charge in [-0.2, -0.15) is 0 Å². The molecule has 3 heteroatoms. The molecule has 0 amide bonds. The van der Waals surface area contributed by atoms with Crippen LogP contribution in [0.15, 0.2) is 10.5 Å². The predicted octanol–water partition coefficient (Wildman–Crippen LogP) is 2.14. The Morgan fingerprint density at radius 3 is 2.85 bits per heavy atom. The van der Waals surface area contributed by atoms with Crippen LogP contribution in [0.5, 0.6) is 5.75 Å². The smallest absolute Gasteiger partial charge is 0.135 e. The van der Waals surface area contributed by atoms with E-state index in [4.69, 9.17) is 5.11 Å². The Morgan fingerprint density at radius 2 is 2.15 bits per heavy atom. The largest absolute Gasteiger partial charge is 0.506 e. The van der Waals surface area contributed by atoms with Gasteiger partial charge in [-0.05, 0) is 52.4 Å². The molecule has 0 radical (unpaired) electrons. The van der Waals surface area contributed by atoms with Gasteiger partial charge in [0.2, 0.25) is 0 Å². The van der Waals surface area contributed by atoms with Crippen LogP contribution in [-0.2, 0) is 19.4 Å². The summed E-state index contributed by atoms with van der Waals surface area (Å²) in [5.41, 5.74) is 3.10. The highest BCUT2D eigenvalue weighted by atomic mass is 79.9. The number of aryl methyl sites for hydroxylation is 1. The molecule has 0 aliphatic heterocycles. The van der Waals surface area contributed by atoms with E-state index >= 15 is 0 Å². The van der Waals surface area contributed by atoms with E-state index in [1.165, 1.54) is 5.56 Å². The van der Waals surface area contributed by atoms with E-state index in [9.17, 15) is 5.11 Å². The molecule has 0 spiro atoms. The normalized spacial score (nSPS) is 14.6. The minimum Gasteiger partial charge on any atom is -0.506 e. The molecule has 0 atom stereocenters. The minimum absolute atomic E-state index is 0.0758. The van der Waals surface area contributed by atoms with Crippen LogP contribution in [0.4, 0.5) is 0 Å². The van der Waals surface area contributed by atoms with Gasteiger partial charge in [0.15, 0.2) is 0 Å². The van der Waals surface area contributed by atoms with Crippen molar-refractivity contribution in [3.63, 3.8) is 0 Å². The fourth-order valence-corrected chi connectivity index (χ4v) is 2.47. The summed E-state index contributed by atoms with van der Waals surface area (Å²) in [6.07, 6.45) is 3.16. The van der Waals surface area contributed by atoms with E-state index < -0.39 is 0 Å². The van der Waals surface area contributed by atoms with Gasteiger partial charge in [-0.25, -0.2) is 0 Å². The molecule has 0 saturated heterocycles. The monoisotopic (exact) mass is 242 g/mol. The van der Waals surface area contributed by atoms with Crippen molar-refractivity contribution >= 4 is 15.9 Å². The SMILES string of the molecule is OCc1c(O)c(Br)cc2c1CCC2. The van der Waals surface area contributed by atoms with E-state index in [1.807, 2.05) is 6.07 Å². The number of aliphatic hydroxyl groups excluding tert-OH is 1. The van der Waals surface area contributed by atoms with Crippen LogP contribution in [0.1, 0.15) is 23.1 Å². The van der Waals surface area contributed by atoms with Crippen LogP contribution in [-0.4, -0.2) is 10.2 Å². The van der Waals surface area contributed by atoms with E-state index in [0.29, 0.717) is 10.0 Å². The first-order valence-corrected chi connectivity index (χ1v) is 5.16. The van der Waals surface area contributed by atoms with Crippen LogP contribution in [0, 0.1) is 0 Å². The van der Waals surface area contributed by atoms with Crippen molar-refractivity contribution in [2.24, 2.45) is 0 Å². The van der Waals surface area contributed by atoms with Crippen LogP contribution in [0.2, 0.25) is 0 Å². The van der Waals surface area contributed by atoms with E-state index in [2.05, 4.69) is 15.9 Å². The number of aliphatic hydroxyl groups is 1. The van der Waals surface area contributed by atoms with E-state index in [-0.39, 0.29) is 12.4 Å². The first-order chi connectivity index (χ1) is 6.24. The van der Waals surface area contributed by atoms with Crippen molar-refractivity contribution < 1.29 is 10.2 Å². The molecule has 1 aromatic carbocycles. The number of phenols is 1. The van der Waals surface area contributed by atoms with Crippen molar-refractivity contribution in [3.05, 3.63) is 27.2 Å². The molecule has 0 bridgehead atoms. The Kier molecular flexibility index (Phi) is 2.30. The van der Waals surface area contributed by atoms with Crippen LogP contribution in [0.25, 0.3) is 0 Å². The van der Waals surface area contributed by atoms with E-state index in [0.717, 1.165) is 24.8 Å². The quantitative estimate of drug-likeness (QED) is 0.793. The highest BCUT2D eigenvalue weighted by Gasteiger charge is 2.19. The van der Waals surface area contributed by atoms with Gasteiger partial charge in [-0.15, -0.1) is 0 Å². The number of fused-ring (bicyclic) bond motifs is 1. The first-order valence-electron chi connectivity index (χ1n) is 4.37. The van der Waals surface area contributed by atoms with Gasteiger partial charge in [0, 0.05) is 5.56 Å². The van der Waals surface area contributed by atoms with Crippen LogP contribution in [0.3, 0.4) is 0 Å². The van der Waals surface area contributed by atoms with Gasteiger partial charge >= 0.3 is 0 Å².